The molecule has 8 heteroatoms. The summed E-state index contributed by atoms with van der Waals surface area (Å²) in [6, 6.07) is 13.0. The molecule has 0 saturated carbocycles. The van der Waals surface area contributed by atoms with Gasteiger partial charge in [-0.2, -0.15) is 0 Å². The fraction of sp³-hybridized carbons (Fsp3) is 0.0500. The zero-order valence-corrected chi connectivity index (χ0v) is 14.4. The molecule has 2 aromatic carbocycles. The van der Waals surface area contributed by atoms with Crippen molar-refractivity contribution < 1.29 is 18.0 Å². The number of hydrogen-bond donors (Lipinski definition) is 2. The van der Waals surface area contributed by atoms with Crippen LogP contribution in [0, 0.1) is 11.6 Å². The van der Waals surface area contributed by atoms with Crippen LogP contribution in [0.2, 0.25) is 0 Å². The Labute approximate surface area is 158 Å². The van der Waals surface area contributed by atoms with Crippen molar-refractivity contribution in [2.24, 2.45) is 0 Å². The number of nitrogens with zero attached hydrogens (tertiary/aromatic N) is 2. The molecule has 2 amide bonds. The molecule has 0 bridgehead atoms. The molecule has 0 atom stereocenters. The summed E-state index contributed by atoms with van der Waals surface area (Å²) >= 11 is 0. The van der Waals surface area contributed by atoms with Gasteiger partial charge in [-0.3, -0.25) is 4.98 Å². The predicted octanol–water partition coefficient (Wildman–Crippen LogP) is 4.49. The molecule has 140 valence electrons. The van der Waals surface area contributed by atoms with E-state index in [4.69, 9.17) is 4.42 Å². The topological polar surface area (TPSA) is 80.0 Å². The monoisotopic (exact) mass is 380 g/mol. The van der Waals surface area contributed by atoms with Crippen LogP contribution in [0.3, 0.4) is 0 Å². The minimum atomic E-state index is -0.698. The van der Waals surface area contributed by atoms with E-state index in [1.807, 2.05) is 6.07 Å². The van der Waals surface area contributed by atoms with Gasteiger partial charge in [-0.1, -0.05) is 6.07 Å². The molecule has 0 aliphatic carbocycles. The highest BCUT2D eigenvalue weighted by atomic mass is 19.1. The molecule has 2 N–H and O–H groups in total. The lowest BCUT2D eigenvalue weighted by Gasteiger charge is -2.08. The lowest BCUT2D eigenvalue weighted by Crippen LogP contribution is -2.28. The first-order valence-corrected chi connectivity index (χ1v) is 8.39. The van der Waals surface area contributed by atoms with Crippen LogP contribution in [0.5, 0.6) is 0 Å². The molecule has 0 aliphatic rings. The van der Waals surface area contributed by atoms with Crippen molar-refractivity contribution >= 4 is 22.8 Å². The number of aromatic nitrogens is 2. The number of anilines is 1. The first-order valence-electron chi connectivity index (χ1n) is 8.39. The number of fused-ring (bicyclic) bond motifs is 1. The van der Waals surface area contributed by atoms with Gasteiger partial charge in [0.25, 0.3) is 0 Å². The standard InChI is InChI=1S/C20H14F2N4O2/c21-13-7-12(8-14(22)9-13)11-24-20(27)25-15-4-5-16-18(10-15)28-19(26-16)17-3-1-2-6-23-17/h1-10H,11H2,(H2,24,25,27). The van der Waals surface area contributed by atoms with Crippen molar-refractivity contribution in [3.8, 4) is 11.6 Å². The molecule has 0 radical (unpaired) electrons. The predicted molar refractivity (Wildman–Crippen MR) is 99.5 cm³/mol. The summed E-state index contributed by atoms with van der Waals surface area (Å²) in [7, 11) is 0. The van der Waals surface area contributed by atoms with E-state index in [1.165, 1.54) is 0 Å². The number of pyridine rings is 1. The Morgan fingerprint density at radius 1 is 1.04 bits per heavy atom. The summed E-state index contributed by atoms with van der Waals surface area (Å²) in [5.74, 6) is -1.02. The molecule has 0 spiro atoms. The smallest absolute Gasteiger partial charge is 0.319 e. The number of carbonyl (C=O) groups is 1. The van der Waals surface area contributed by atoms with E-state index in [2.05, 4.69) is 20.6 Å². The van der Waals surface area contributed by atoms with E-state index in [0.29, 0.717) is 33.9 Å². The molecule has 0 unspecified atom stereocenters. The maximum absolute atomic E-state index is 13.2. The van der Waals surface area contributed by atoms with Crippen molar-refractivity contribution in [2.45, 2.75) is 6.54 Å². The zero-order valence-electron chi connectivity index (χ0n) is 14.4. The van der Waals surface area contributed by atoms with Gasteiger partial charge in [-0.05, 0) is 42.0 Å². The van der Waals surface area contributed by atoms with E-state index in [-0.39, 0.29) is 6.54 Å². The molecule has 0 aliphatic heterocycles. The van der Waals surface area contributed by atoms with E-state index < -0.39 is 17.7 Å². The summed E-state index contributed by atoms with van der Waals surface area (Å²) in [6.07, 6.45) is 1.64. The molecule has 6 nitrogen and oxygen atoms in total. The highest BCUT2D eigenvalue weighted by Crippen LogP contribution is 2.25. The summed E-state index contributed by atoms with van der Waals surface area (Å²) in [5.41, 5.74) is 2.53. The molecule has 2 heterocycles. The fourth-order valence-electron chi connectivity index (χ4n) is 2.67. The second-order valence-electron chi connectivity index (χ2n) is 6.00. The molecule has 2 aromatic heterocycles. The van der Waals surface area contributed by atoms with Gasteiger partial charge in [0.2, 0.25) is 5.89 Å². The lowest BCUT2D eigenvalue weighted by atomic mass is 10.2. The average molecular weight is 380 g/mol. The van der Waals surface area contributed by atoms with Gasteiger partial charge < -0.3 is 15.1 Å². The quantitative estimate of drug-likeness (QED) is 0.547. The fourth-order valence-corrected chi connectivity index (χ4v) is 2.67. The van der Waals surface area contributed by atoms with E-state index >= 15 is 0 Å². The van der Waals surface area contributed by atoms with Crippen molar-refractivity contribution in [1.82, 2.24) is 15.3 Å². The Kier molecular flexibility index (Phi) is 4.67. The number of urea groups is 1. The number of amides is 2. The maximum atomic E-state index is 13.2. The zero-order chi connectivity index (χ0) is 19.5. The first-order chi connectivity index (χ1) is 13.6. The van der Waals surface area contributed by atoms with E-state index in [9.17, 15) is 13.6 Å². The largest absolute Gasteiger partial charge is 0.435 e. The second-order valence-corrected chi connectivity index (χ2v) is 6.00. The Bertz CT molecular complexity index is 1130. The van der Waals surface area contributed by atoms with Crippen LogP contribution < -0.4 is 10.6 Å². The van der Waals surface area contributed by atoms with Gasteiger partial charge >= 0.3 is 6.03 Å². The Balaban J connectivity index is 1.44. The van der Waals surface area contributed by atoms with Crippen molar-refractivity contribution in [3.63, 3.8) is 0 Å². The highest BCUT2D eigenvalue weighted by molar-refractivity contribution is 5.91. The van der Waals surface area contributed by atoms with Crippen LogP contribution in [-0.4, -0.2) is 16.0 Å². The van der Waals surface area contributed by atoms with Gasteiger partial charge in [0.05, 0.1) is 0 Å². The number of rotatable bonds is 4. The average Bonchev–Trinajstić information content (AvgIpc) is 3.10. The van der Waals surface area contributed by atoms with Gasteiger partial charge in [0, 0.05) is 30.6 Å². The number of halogens is 2. The summed E-state index contributed by atoms with van der Waals surface area (Å²) in [4.78, 5) is 20.6. The lowest BCUT2D eigenvalue weighted by molar-refractivity contribution is 0.251. The van der Waals surface area contributed by atoms with Gasteiger partial charge in [-0.25, -0.2) is 18.6 Å². The molecular weight excluding hydrogens is 366 g/mol. The SMILES string of the molecule is O=C(NCc1cc(F)cc(F)c1)Nc1ccc2nc(-c3ccccn3)oc2c1. The Morgan fingerprint density at radius 2 is 1.86 bits per heavy atom. The molecule has 4 aromatic rings. The van der Waals surface area contributed by atoms with Crippen LogP contribution in [0.1, 0.15) is 5.56 Å². The highest BCUT2D eigenvalue weighted by Gasteiger charge is 2.11. The number of oxazole rings is 1. The van der Waals surface area contributed by atoms with Crippen LogP contribution in [0.4, 0.5) is 19.3 Å². The van der Waals surface area contributed by atoms with E-state index in [0.717, 1.165) is 18.2 Å². The minimum Gasteiger partial charge on any atom is -0.435 e. The number of hydrogen-bond acceptors (Lipinski definition) is 4. The van der Waals surface area contributed by atoms with Gasteiger partial charge in [-0.15, -0.1) is 0 Å². The van der Waals surface area contributed by atoms with Crippen molar-refractivity contribution in [1.29, 1.82) is 0 Å². The van der Waals surface area contributed by atoms with Gasteiger partial charge in [0.15, 0.2) is 5.58 Å². The normalized spacial score (nSPS) is 10.8. The third-order valence-corrected chi connectivity index (χ3v) is 3.91. The van der Waals surface area contributed by atoms with Crippen LogP contribution in [0.15, 0.2) is 65.2 Å². The molecule has 0 fully saturated rings. The maximum Gasteiger partial charge on any atom is 0.319 e. The van der Waals surface area contributed by atoms with E-state index in [1.54, 1.807) is 36.5 Å². The number of carbonyl (C=O) groups excluding carboxylic acids is 1. The minimum absolute atomic E-state index is 0.0190. The Hall–Kier alpha value is -3.81. The number of nitrogens with one attached hydrogen (secondary N) is 2. The Morgan fingerprint density at radius 3 is 2.61 bits per heavy atom. The molecule has 0 saturated heterocycles. The van der Waals surface area contributed by atoms with Crippen molar-refractivity contribution in [3.05, 3.63) is 78.0 Å². The van der Waals surface area contributed by atoms with Gasteiger partial charge in [0.1, 0.15) is 22.8 Å². The third kappa shape index (κ3) is 3.96. The molecular formula is C20H14F2N4O2. The third-order valence-electron chi connectivity index (χ3n) is 3.91. The van der Waals surface area contributed by atoms with Crippen LogP contribution >= 0.6 is 0 Å². The number of benzene rings is 2. The second kappa shape index (κ2) is 7.43. The summed E-state index contributed by atoms with van der Waals surface area (Å²) < 4.78 is 32.1. The first kappa shape index (κ1) is 17.6. The molecule has 28 heavy (non-hydrogen) atoms. The van der Waals surface area contributed by atoms with Crippen molar-refractivity contribution in [2.75, 3.05) is 5.32 Å². The summed E-state index contributed by atoms with van der Waals surface area (Å²) in [5, 5.41) is 5.18. The molecule has 4 rings (SSSR count). The van der Waals surface area contributed by atoms with Crippen LogP contribution in [0.25, 0.3) is 22.7 Å². The van der Waals surface area contributed by atoms with Crippen LogP contribution in [-0.2, 0) is 6.54 Å². The summed E-state index contributed by atoms with van der Waals surface area (Å²) in [6.45, 7) is -0.0190.